The second-order valence-electron chi connectivity index (χ2n) is 4.37. The topological polar surface area (TPSA) is 38.7 Å². The second kappa shape index (κ2) is 6.91. The lowest BCUT2D eigenvalue weighted by atomic mass is 10.1. The summed E-state index contributed by atoms with van der Waals surface area (Å²) in [6, 6.07) is 13.5. The molecule has 0 aliphatic heterocycles. The average molecular weight is 276 g/mol. The molecule has 0 heterocycles. The number of hydrogen-bond acceptors (Lipinski definition) is 3. The van der Waals surface area contributed by atoms with Crippen LogP contribution in [0, 0.1) is 5.82 Å². The van der Waals surface area contributed by atoms with Crippen LogP contribution in [0.5, 0.6) is 11.5 Å². The van der Waals surface area contributed by atoms with Gasteiger partial charge in [-0.05, 0) is 37.3 Å². The Morgan fingerprint density at radius 1 is 1.05 bits per heavy atom. The zero-order valence-corrected chi connectivity index (χ0v) is 11.3. The van der Waals surface area contributed by atoms with Gasteiger partial charge < -0.3 is 14.6 Å². The number of halogens is 1. The molecule has 2 aromatic rings. The predicted octanol–water partition coefficient (Wildman–Crippen LogP) is 3.34. The van der Waals surface area contributed by atoms with Gasteiger partial charge in [-0.1, -0.05) is 18.2 Å². The third-order valence-electron chi connectivity index (χ3n) is 2.77. The van der Waals surface area contributed by atoms with Gasteiger partial charge in [-0.2, -0.15) is 0 Å². The largest absolute Gasteiger partial charge is 0.490 e. The summed E-state index contributed by atoms with van der Waals surface area (Å²) in [6.45, 7) is 2.27. The molecule has 1 atom stereocenters. The number of aliphatic hydroxyl groups is 1. The molecule has 20 heavy (non-hydrogen) atoms. The Morgan fingerprint density at radius 3 is 2.45 bits per heavy atom. The highest BCUT2D eigenvalue weighted by molar-refractivity contribution is 5.35. The van der Waals surface area contributed by atoms with E-state index in [1.54, 1.807) is 6.92 Å². The standard InChI is InChI=1S/C16H17FO3/c1-12(18)15-11-13(17)7-8-16(15)20-10-9-19-14-5-3-2-4-6-14/h2-8,11-12,18H,9-10H2,1H3/t12-/m1/s1. The van der Waals surface area contributed by atoms with Gasteiger partial charge in [0, 0.05) is 5.56 Å². The molecule has 106 valence electrons. The van der Waals surface area contributed by atoms with Crippen LogP contribution in [0.1, 0.15) is 18.6 Å². The molecule has 1 N–H and O–H groups in total. The highest BCUT2D eigenvalue weighted by Crippen LogP contribution is 2.25. The fourth-order valence-corrected chi connectivity index (χ4v) is 1.81. The van der Waals surface area contributed by atoms with Crippen LogP contribution < -0.4 is 9.47 Å². The van der Waals surface area contributed by atoms with Gasteiger partial charge >= 0.3 is 0 Å². The minimum absolute atomic E-state index is 0.320. The molecule has 2 aromatic carbocycles. The summed E-state index contributed by atoms with van der Waals surface area (Å²) in [4.78, 5) is 0. The second-order valence-corrected chi connectivity index (χ2v) is 4.37. The third kappa shape index (κ3) is 3.96. The SMILES string of the molecule is C[C@@H](O)c1cc(F)ccc1OCCOc1ccccc1. The maximum atomic E-state index is 13.1. The normalized spacial score (nSPS) is 11.9. The van der Waals surface area contributed by atoms with Crippen molar-refractivity contribution in [2.45, 2.75) is 13.0 Å². The first kappa shape index (κ1) is 14.3. The highest BCUT2D eigenvalue weighted by Gasteiger charge is 2.10. The molecule has 0 fully saturated rings. The lowest BCUT2D eigenvalue weighted by molar-refractivity contribution is 0.181. The summed E-state index contributed by atoms with van der Waals surface area (Å²) in [5.41, 5.74) is 0.435. The van der Waals surface area contributed by atoms with Gasteiger partial charge in [0.05, 0.1) is 6.10 Å². The number of para-hydroxylation sites is 1. The molecule has 0 saturated carbocycles. The van der Waals surface area contributed by atoms with E-state index in [0.717, 1.165) is 5.75 Å². The molecular weight excluding hydrogens is 259 g/mol. The maximum absolute atomic E-state index is 13.1. The molecular formula is C16H17FO3. The first-order valence-corrected chi connectivity index (χ1v) is 6.45. The Labute approximate surface area is 117 Å². The molecule has 0 bridgehead atoms. The lowest BCUT2D eigenvalue weighted by Gasteiger charge is -2.14. The first-order chi connectivity index (χ1) is 9.66. The van der Waals surface area contributed by atoms with Crippen molar-refractivity contribution in [3.63, 3.8) is 0 Å². The molecule has 3 nitrogen and oxygen atoms in total. The van der Waals surface area contributed by atoms with E-state index in [-0.39, 0.29) is 0 Å². The van der Waals surface area contributed by atoms with Crippen molar-refractivity contribution < 1.29 is 19.0 Å². The van der Waals surface area contributed by atoms with E-state index in [0.29, 0.717) is 24.5 Å². The van der Waals surface area contributed by atoms with Crippen LogP contribution in [0.15, 0.2) is 48.5 Å². The molecule has 0 saturated heterocycles. The van der Waals surface area contributed by atoms with Gasteiger partial charge in [0.25, 0.3) is 0 Å². The number of ether oxygens (including phenoxy) is 2. The maximum Gasteiger partial charge on any atom is 0.125 e. The molecule has 0 aliphatic rings. The van der Waals surface area contributed by atoms with Crippen LogP contribution in [0.2, 0.25) is 0 Å². The van der Waals surface area contributed by atoms with Crippen molar-refractivity contribution >= 4 is 0 Å². The lowest BCUT2D eigenvalue weighted by Crippen LogP contribution is -2.10. The predicted molar refractivity (Wildman–Crippen MR) is 74.5 cm³/mol. The zero-order chi connectivity index (χ0) is 14.4. The highest BCUT2D eigenvalue weighted by atomic mass is 19.1. The van der Waals surface area contributed by atoms with Crippen molar-refractivity contribution in [3.8, 4) is 11.5 Å². The van der Waals surface area contributed by atoms with Gasteiger partial charge in [-0.3, -0.25) is 0 Å². The summed E-state index contributed by atoms with van der Waals surface area (Å²) in [6.07, 6.45) is -0.782. The molecule has 0 unspecified atom stereocenters. The van der Waals surface area contributed by atoms with Crippen LogP contribution >= 0.6 is 0 Å². The van der Waals surface area contributed by atoms with E-state index in [9.17, 15) is 9.50 Å². The number of rotatable bonds is 6. The summed E-state index contributed by atoms with van der Waals surface area (Å²) >= 11 is 0. The van der Waals surface area contributed by atoms with Gasteiger partial charge in [-0.25, -0.2) is 4.39 Å². The molecule has 0 amide bonds. The summed E-state index contributed by atoms with van der Waals surface area (Å²) in [5, 5.41) is 9.59. The van der Waals surface area contributed by atoms with Crippen molar-refractivity contribution in [3.05, 3.63) is 59.9 Å². The summed E-state index contributed by atoms with van der Waals surface area (Å²) in [7, 11) is 0. The van der Waals surface area contributed by atoms with Crippen LogP contribution in [0.4, 0.5) is 4.39 Å². The van der Waals surface area contributed by atoms with Crippen molar-refractivity contribution in [2.75, 3.05) is 13.2 Å². The van der Waals surface area contributed by atoms with Gasteiger partial charge in [0.1, 0.15) is 30.5 Å². The molecule has 4 heteroatoms. The van der Waals surface area contributed by atoms with Crippen LogP contribution in [0.25, 0.3) is 0 Å². The number of aliphatic hydroxyl groups excluding tert-OH is 1. The molecule has 0 aliphatic carbocycles. The fraction of sp³-hybridized carbons (Fsp3) is 0.250. The van der Waals surface area contributed by atoms with Crippen LogP contribution in [0.3, 0.4) is 0 Å². The Balaban J connectivity index is 1.88. The van der Waals surface area contributed by atoms with Crippen molar-refractivity contribution in [1.29, 1.82) is 0 Å². The van der Waals surface area contributed by atoms with Crippen LogP contribution in [-0.2, 0) is 0 Å². The van der Waals surface area contributed by atoms with E-state index in [1.807, 2.05) is 30.3 Å². The third-order valence-corrected chi connectivity index (χ3v) is 2.77. The Bertz CT molecular complexity index is 541. The number of benzene rings is 2. The summed E-state index contributed by atoms with van der Waals surface area (Å²) in [5.74, 6) is 0.845. The Morgan fingerprint density at radius 2 is 1.75 bits per heavy atom. The Kier molecular flexibility index (Phi) is 4.96. The van der Waals surface area contributed by atoms with Gasteiger partial charge in [0.15, 0.2) is 0 Å². The van der Waals surface area contributed by atoms with E-state index in [1.165, 1.54) is 18.2 Å². The number of hydrogen-bond donors (Lipinski definition) is 1. The average Bonchev–Trinajstić information content (AvgIpc) is 2.45. The minimum Gasteiger partial charge on any atom is -0.490 e. The van der Waals surface area contributed by atoms with Gasteiger partial charge in [0.2, 0.25) is 0 Å². The van der Waals surface area contributed by atoms with Crippen molar-refractivity contribution in [1.82, 2.24) is 0 Å². The van der Waals surface area contributed by atoms with E-state index in [2.05, 4.69) is 0 Å². The van der Waals surface area contributed by atoms with E-state index in [4.69, 9.17) is 9.47 Å². The fourth-order valence-electron chi connectivity index (χ4n) is 1.81. The smallest absolute Gasteiger partial charge is 0.125 e. The molecule has 0 radical (unpaired) electrons. The Hall–Kier alpha value is -2.07. The quantitative estimate of drug-likeness (QED) is 0.822. The first-order valence-electron chi connectivity index (χ1n) is 6.45. The summed E-state index contributed by atoms with van der Waals surface area (Å²) < 4.78 is 24.1. The van der Waals surface area contributed by atoms with E-state index >= 15 is 0 Å². The molecule has 2 rings (SSSR count). The van der Waals surface area contributed by atoms with Crippen molar-refractivity contribution in [2.24, 2.45) is 0 Å². The van der Waals surface area contributed by atoms with Crippen LogP contribution in [-0.4, -0.2) is 18.3 Å². The van der Waals surface area contributed by atoms with E-state index < -0.39 is 11.9 Å². The minimum atomic E-state index is -0.782. The molecule has 0 spiro atoms. The zero-order valence-electron chi connectivity index (χ0n) is 11.3. The monoisotopic (exact) mass is 276 g/mol. The molecule has 0 aromatic heterocycles. The van der Waals surface area contributed by atoms with Gasteiger partial charge in [-0.15, -0.1) is 0 Å².